The smallest absolute Gasteiger partial charge is 0.221 e. The summed E-state index contributed by atoms with van der Waals surface area (Å²) < 4.78 is 0. The molecule has 0 atom stereocenters. The molecule has 112 valence electrons. The minimum atomic E-state index is 0.209. The summed E-state index contributed by atoms with van der Waals surface area (Å²) >= 11 is 6.27. The first-order valence-electron chi connectivity index (χ1n) is 7.03. The predicted octanol–water partition coefficient (Wildman–Crippen LogP) is 3.92. The Labute approximate surface area is 137 Å². The number of nitrogens with two attached hydrogens (primary N) is 1. The number of fused-ring (bicyclic) bond motifs is 1. The minimum Gasteiger partial charge on any atom is -0.368 e. The van der Waals surface area contributed by atoms with Crippen LogP contribution >= 0.6 is 11.6 Å². The Morgan fingerprint density at radius 3 is 2.61 bits per heavy atom. The van der Waals surface area contributed by atoms with Crippen LogP contribution in [0.25, 0.3) is 33.4 Å². The molecule has 23 heavy (non-hydrogen) atoms. The summed E-state index contributed by atoms with van der Waals surface area (Å²) in [6.45, 7) is 0. The Bertz CT molecular complexity index is 1010. The van der Waals surface area contributed by atoms with E-state index in [2.05, 4.69) is 19.9 Å². The summed E-state index contributed by atoms with van der Waals surface area (Å²) in [5, 5.41) is 1.66. The lowest BCUT2D eigenvalue weighted by Gasteiger charge is -2.07. The van der Waals surface area contributed by atoms with Crippen molar-refractivity contribution in [3.05, 3.63) is 60.0 Å². The Hall–Kier alpha value is -2.92. The molecule has 0 bridgehead atoms. The maximum atomic E-state index is 6.27. The van der Waals surface area contributed by atoms with Crippen LogP contribution < -0.4 is 5.73 Å². The number of aromatic amines is 1. The van der Waals surface area contributed by atoms with Crippen molar-refractivity contribution in [3.8, 4) is 22.5 Å². The van der Waals surface area contributed by atoms with Crippen molar-refractivity contribution in [2.24, 2.45) is 0 Å². The zero-order valence-corrected chi connectivity index (χ0v) is 12.7. The summed E-state index contributed by atoms with van der Waals surface area (Å²) in [6.07, 6.45) is 5.42. The van der Waals surface area contributed by atoms with Gasteiger partial charge in [0.15, 0.2) is 0 Å². The topological polar surface area (TPSA) is 80.5 Å². The van der Waals surface area contributed by atoms with Crippen LogP contribution in [0.5, 0.6) is 0 Å². The molecule has 0 unspecified atom stereocenters. The van der Waals surface area contributed by atoms with Crippen LogP contribution in [0.2, 0.25) is 5.02 Å². The molecule has 0 saturated carbocycles. The SMILES string of the molecule is Nc1nc(-c2ccccc2Cl)cc(-c2c[nH]c3cnccc23)n1. The summed E-state index contributed by atoms with van der Waals surface area (Å²) in [5.41, 5.74) is 10.1. The maximum absolute atomic E-state index is 6.27. The van der Waals surface area contributed by atoms with Gasteiger partial charge in [-0.05, 0) is 18.2 Å². The lowest BCUT2D eigenvalue weighted by atomic mass is 10.1. The van der Waals surface area contributed by atoms with E-state index in [0.29, 0.717) is 10.7 Å². The van der Waals surface area contributed by atoms with Gasteiger partial charge in [-0.15, -0.1) is 0 Å². The zero-order valence-electron chi connectivity index (χ0n) is 12.0. The fourth-order valence-corrected chi connectivity index (χ4v) is 2.83. The second-order valence-electron chi connectivity index (χ2n) is 5.10. The van der Waals surface area contributed by atoms with Crippen molar-refractivity contribution >= 4 is 28.5 Å². The number of anilines is 1. The molecule has 5 nitrogen and oxygen atoms in total. The molecule has 4 aromatic rings. The fourth-order valence-electron chi connectivity index (χ4n) is 2.59. The van der Waals surface area contributed by atoms with E-state index >= 15 is 0 Å². The number of rotatable bonds is 2. The van der Waals surface area contributed by atoms with E-state index in [0.717, 1.165) is 27.7 Å². The van der Waals surface area contributed by atoms with Gasteiger partial charge in [-0.1, -0.05) is 29.8 Å². The number of nitrogens with one attached hydrogen (secondary N) is 1. The van der Waals surface area contributed by atoms with Gasteiger partial charge in [-0.2, -0.15) is 0 Å². The van der Waals surface area contributed by atoms with Crippen LogP contribution in [-0.2, 0) is 0 Å². The normalized spacial score (nSPS) is 11.0. The number of nitrogen functional groups attached to an aromatic ring is 1. The Balaban J connectivity index is 1.92. The molecule has 3 N–H and O–H groups in total. The molecule has 4 rings (SSSR count). The first-order valence-corrected chi connectivity index (χ1v) is 7.41. The molecule has 6 heteroatoms. The third-order valence-corrected chi connectivity index (χ3v) is 3.98. The van der Waals surface area contributed by atoms with E-state index in [9.17, 15) is 0 Å². The Morgan fingerprint density at radius 2 is 1.78 bits per heavy atom. The fraction of sp³-hybridized carbons (Fsp3) is 0. The van der Waals surface area contributed by atoms with E-state index in [4.69, 9.17) is 17.3 Å². The van der Waals surface area contributed by atoms with Crippen LogP contribution in [0.3, 0.4) is 0 Å². The van der Waals surface area contributed by atoms with Gasteiger partial charge in [0.1, 0.15) is 0 Å². The number of nitrogens with zero attached hydrogens (tertiary/aromatic N) is 3. The lowest BCUT2D eigenvalue weighted by molar-refractivity contribution is 1.19. The predicted molar refractivity (Wildman–Crippen MR) is 92.0 cm³/mol. The van der Waals surface area contributed by atoms with Crippen molar-refractivity contribution in [1.29, 1.82) is 0 Å². The van der Waals surface area contributed by atoms with Gasteiger partial charge in [0.25, 0.3) is 0 Å². The molecule has 0 radical (unpaired) electrons. The molecule has 0 spiro atoms. The summed E-state index contributed by atoms with van der Waals surface area (Å²) in [7, 11) is 0. The van der Waals surface area contributed by atoms with E-state index in [1.165, 1.54) is 0 Å². The number of halogens is 1. The molecule has 3 heterocycles. The Kier molecular flexibility index (Phi) is 3.20. The second-order valence-corrected chi connectivity index (χ2v) is 5.51. The van der Waals surface area contributed by atoms with E-state index in [-0.39, 0.29) is 5.95 Å². The Morgan fingerprint density at radius 1 is 1.00 bits per heavy atom. The number of pyridine rings is 1. The van der Waals surface area contributed by atoms with Gasteiger partial charge in [-0.25, -0.2) is 9.97 Å². The number of hydrogen-bond donors (Lipinski definition) is 2. The van der Waals surface area contributed by atoms with Gasteiger partial charge in [0.05, 0.1) is 23.1 Å². The van der Waals surface area contributed by atoms with Gasteiger partial charge in [0, 0.05) is 33.9 Å². The van der Waals surface area contributed by atoms with E-state index in [1.54, 1.807) is 12.4 Å². The van der Waals surface area contributed by atoms with Crippen LogP contribution in [-0.4, -0.2) is 19.9 Å². The number of H-pyrrole nitrogens is 1. The molecular formula is C17H12ClN5. The standard InChI is InChI=1S/C17H12ClN5/c18-13-4-2-1-3-11(13)14-7-15(23-17(19)22-14)12-8-21-16-9-20-6-5-10(12)16/h1-9,21H,(H2,19,22,23). The lowest BCUT2D eigenvalue weighted by Crippen LogP contribution is -1.98. The highest BCUT2D eigenvalue weighted by molar-refractivity contribution is 6.33. The molecular weight excluding hydrogens is 310 g/mol. The average Bonchev–Trinajstić information content (AvgIpc) is 2.99. The molecule has 3 aromatic heterocycles. The van der Waals surface area contributed by atoms with Crippen LogP contribution in [0.1, 0.15) is 0 Å². The monoisotopic (exact) mass is 321 g/mol. The van der Waals surface area contributed by atoms with Crippen LogP contribution in [0, 0.1) is 0 Å². The molecule has 0 saturated heterocycles. The molecule has 0 aliphatic carbocycles. The van der Waals surface area contributed by atoms with Crippen LogP contribution in [0.15, 0.2) is 55.0 Å². The summed E-state index contributed by atoms with van der Waals surface area (Å²) in [5.74, 6) is 0.209. The molecule has 1 aromatic carbocycles. The maximum Gasteiger partial charge on any atom is 0.221 e. The van der Waals surface area contributed by atoms with Gasteiger partial charge in [0.2, 0.25) is 5.95 Å². The van der Waals surface area contributed by atoms with Crippen molar-refractivity contribution in [2.75, 3.05) is 5.73 Å². The number of hydrogen-bond acceptors (Lipinski definition) is 4. The third-order valence-electron chi connectivity index (χ3n) is 3.65. The molecule has 0 amide bonds. The quantitative estimate of drug-likeness (QED) is 0.586. The van der Waals surface area contributed by atoms with Crippen molar-refractivity contribution < 1.29 is 0 Å². The molecule has 0 aliphatic heterocycles. The van der Waals surface area contributed by atoms with Crippen molar-refractivity contribution in [3.63, 3.8) is 0 Å². The highest BCUT2D eigenvalue weighted by Crippen LogP contribution is 2.32. The van der Waals surface area contributed by atoms with E-state index < -0.39 is 0 Å². The third kappa shape index (κ3) is 2.41. The first kappa shape index (κ1) is 13.7. The summed E-state index contributed by atoms with van der Waals surface area (Å²) in [6, 6.07) is 11.4. The highest BCUT2D eigenvalue weighted by atomic mass is 35.5. The van der Waals surface area contributed by atoms with Crippen molar-refractivity contribution in [2.45, 2.75) is 0 Å². The average molecular weight is 322 g/mol. The largest absolute Gasteiger partial charge is 0.368 e. The van der Waals surface area contributed by atoms with Gasteiger partial charge in [-0.3, -0.25) is 4.98 Å². The highest BCUT2D eigenvalue weighted by Gasteiger charge is 2.12. The minimum absolute atomic E-state index is 0.209. The number of aromatic nitrogens is 4. The molecule has 0 fully saturated rings. The zero-order chi connectivity index (χ0) is 15.8. The van der Waals surface area contributed by atoms with Gasteiger partial charge < -0.3 is 10.7 Å². The second kappa shape index (κ2) is 5.37. The number of benzene rings is 1. The van der Waals surface area contributed by atoms with Gasteiger partial charge >= 0.3 is 0 Å². The van der Waals surface area contributed by atoms with E-state index in [1.807, 2.05) is 42.6 Å². The van der Waals surface area contributed by atoms with Crippen LogP contribution in [0.4, 0.5) is 5.95 Å². The summed E-state index contributed by atoms with van der Waals surface area (Å²) in [4.78, 5) is 16.0. The van der Waals surface area contributed by atoms with Crippen molar-refractivity contribution in [1.82, 2.24) is 19.9 Å². The first-order chi connectivity index (χ1) is 11.2. The molecule has 0 aliphatic rings.